The number of carbonyl (C=O) groups is 2. The molecule has 0 spiro atoms. The first kappa shape index (κ1) is 21.3. The summed E-state index contributed by atoms with van der Waals surface area (Å²) in [5.41, 5.74) is 2.91. The van der Waals surface area contributed by atoms with E-state index in [0.717, 1.165) is 10.5 Å². The minimum atomic E-state index is -0.311. The van der Waals surface area contributed by atoms with Crippen molar-refractivity contribution in [3.8, 4) is 0 Å². The zero-order valence-corrected chi connectivity index (χ0v) is 17.6. The summed E-state index contributed by atoms with van der Waals surface area (Å²) >= 11 is 7.53. The van der Waals surface area contributed by atoms with E-state index in [1.807, 2.05) is 25.1 Å². The van der Waals surface area contributed by atoms with Crippen LogP contribution in [0.15, 0.2) is 47.4 Å². The fourth-order valence-electron chi connectivity index (χ4n) is 2.35. The zero-order chi connectivity index (χ0) is 20.0. The molecule has 0 heterocycles. The average Bonchev–Trinajstić information content (AvgIpc) is 2.60. The Bertz CT molecular complexity index is 814. The smallest absolute Gasteiger partial charge is 0.243 e. The summed E-state index contributed by atoms with van der Waals surface area (Å²) in [6, 6.07) is 13.6. The molecule has 0 fully saturated rings. The molecule has 27 heavy (non-hydrogen) atoms. The maximum Gasteiger partial charge on any atom is 0.243 e. The fourth-order valence-corrected chi connectivity index (χ4v) is 3.36. The third-order valence-corrected chi connectivity index (χ3v) is 5.26. The second kappa shape index (κ2) is 9.29. The normalized spacial score (nSPS) is 11.1. The monoisotopic (exact) mass is 404 g/mol. The van der Waals surface area contributed by atoms with Crippen LogP contribution in [-0.2, 0) is 15.0 Å². The number of aryl methyl sites for hydroxylation is 1. The third-order valence-electron chi connectivity index (χ3n) is 3.94. The van der Waals surface area contributed by atoms with Gasteiger partial charge in [-0.1, -0.05) is 50.6 Å². The van der Waals surface area contributed by atoms with Gasteiger partial charge in [0.25, 0.3) is 0 Å². The maximum atomic E-state index is 12.0. The molecule has 6 heteroatoms. The van der Waals surface area contributed by atoms with Crippen molar-refractivity contribution in [3.63, 3.8) is 0 Å². The molecule has 0 saturated carbocycles. The number of nitrogens with one attached hydrogen (secondary N) is 2. The van der Waals surface area contributed by atoms with Crippen molar-refractivity contribution >= 4 is 40.9 Å². The van der Waals surface area contributed by atoms with Gasteiger partial charge < -0.3 is 10.6 Å². The zero-order valence-electron chi connectivity index (χ0n) is 16.1. The first-order valence-electron chi connectivity index (χ1n) is 8.71. The van der Waals surface area contributed by atoms with Crippen LogP contribution in [0.5, 0.6) is 0 Å². The first-order valence-corrected chi connectivity index (χ1v) is 10.1. The van der Waals surface area contributed by atoms with Gasteiger partial charge in [-0.3, -0.25) is 9.59 Å². The molecule has 0 aromatic heterocycles. The minimum absolute atomic E-state index is 0.0907. The summed E-state index contributed by atoms with van der Waals surface area (Å²) in [5.74, 6) is -0.244. The van der Waals surface area contributed by atoms with Crippen LogP contribution < -0.4 is 10.6 Å². The van der Waals surface area contributed by atoms with E-state index in [4.69, 9.17) is 11.6 Å². The first-order chi connectivity index (χ1) is 12.6. The molecular formula is C21H25ClN2O2S. The van der Waals surface area contributed by atoms with Crippen LogP contribution in [0.1, 0.15) is 31.9 Å². The molecule has 2 aromatic carbocycles. The Morgan fingerprint density at radius 1 is 1.04 bits per heavy atom. The van der Waals surface area contributed by atoms with Gasteiger partial charge in [-0.05, 0) is 47.7 Å². The van der Waals surface area contributed by atoms with E-state index in [-0.39, 0.29) is 29.5 Å². The quantitative estimate of drug-likeness (QED) is 0.680. The number of benzene rings is 2. The van der Waals surface area contributed by atoms with Crippen LogP contribution in [-0.4, -0.2) is 24.1 Å². The molecule has 0 unspecified atom stereocenters. The van der Waals surface area contributed by atoms with E-state index >= 15 is 0 Å². The van der Waals surface area contributed by atoms with Gasteiger partial charge in [0.05, 0.1) is 23.0 Å². The predicted octanol–water partition coefficient (Wildman–Crippen LogP) is 4.79. The highest BCUT2D eigenvalue weighted by Crippen LogP contribution is 2.25. The van der Waals surface area contributed by atoms with E-state index in [9.17, 15) is 9.59 Å². The highest BCUT2D eigenvalue weighted by Gasteiger charge is 2.13. The lowest BCUT2D eigenvalue weighted by Gasteiger charge is -2.19. The van der Waals surface area contributed by atoms with Crippen LogP contribution in [0.3, 0.4) is 0 Å². The van der Waals surface area contributed by atoms with Gasteiger partial charge in [0, 0.05) is 4.90 Å². The number of anilines is 1. The highest BCUT2D eigenvalue weighted by molar-refractivity contribution is 8.00. The second-order valence-electron chi connectivity index (χ2n) is 7.37. The number of thioether (sulfide) groups is 1. The van der Waals surface area contributed by atoms with Gasteiger partial charge in [-0.25, -0.2) is 0 Å². The van der Waals surface area contributed by atoms with E-state index in [2.05, 4.69) is 43.5 Å². The van der Waals surface area contributed by atoms with E-state index in [1.54, 1.807) is 12.1 Å². The molecule has 0 saturated heterocycles. The predicted molar refractivity (Wildman–Crippen MR) is 114 cm³/mol. The molecule has 144 valence electrons. The SMILES string of the molecule is Cc1ccc(NC(=O)CNC(=O)CSc2ccc(C(C)(C)C)cc2)c(Cl)c1. The molecule has 0 aliphatic rings. The number of hydrogen-bond donors (Lipinski definition) is 2. The van der Waals surface area contributed by atoms with Crippen LogP contribution in [0, 0.1) is 6.92 Å². The van der Waals surface area contributed by atoms with Gasteiger partial charge in [-0.15, -0.1) is 11.8 Å². The molecular weight excluding hydrogens is 380 g/mol. The largest absolute Gasteiger partial charge is 0.346 e. The van der Waals surface area contributed by atoms with Crippen molar-refractivity contribution < 1.29 is 9.59 Å². The molecule has 4 nitrogen and oxygen atoms in total. The van der Waals surface area contributed by atoms with Crippen molar-refractivity contribution in [3.05, 3.63) is 58.6 Å². The summed E-state index contributed by atoms with van der Waals surface area (Å²) in [4.78, 5) is 25.0. The van der Waals surface area contributed by atoms with Gasteiger partial charge in [0.1, 0.15) is 0 Å². The number of halogens is 1. The van der Waals surface area contributed by atoms with E-state index in [0.29, 0.717) is 10.7 Å². The second-order valence-corrected chi connectivity index (χ2v) is 8.83. The Kier molecular flexibility index (Phi) is 7.33. The third kappa shape index (κ3) is 6.92. The van der Waals surface area contributed by atoms with Crippen LogP contribution >= 0.6 is 23.4 Å². The van der Waals surface area contributed by atoms with Crippen LogP contribution in [0.2, 0.25) is 5.02 Å². The standard InChI is InChI=1S/C21H25ClN2O2S/c1-14-5-10-18(17(22)11-14)24-19(25)12-23-20(26)13-27-16-8-6-15(7-9-16)21(2,3)4/h5-11H,12-13H2,1-4H3,(H,23,26)(H,24,25). The highest BCUT2D eigenvalue weighted by atomic mass is 35.5. The van der Waals surface area contributed by atoms with Crippen molar-refractivity contribution in [2.75, 3.05) is 17.6 Å². The van der Waals surface area contributed by atoms with Crippen molar-refractivity contribution in [2.24, 2.45) is 0 Å². The molecule has 2 rings (SSSR count). The van der Waals surface area contributed by atoms with Gasteiger partial charge >= 0.3 is 0 Å². The Balaban J connectivity index is 1.76. The summed E-state index contributed by atoms with van der Waals surface area (Å²) < 4.78 is 0. The maximum absolute atomic E-state index is 12.0. The van der Waals surface area contributed by atoms with Crippen molar-refractivity contribution in [2.45, 2.75) is 38.0 Å². The lowest BCUT2D eigenvalue weighted by atomic mass is 9.87. The molecule has 0 bridgehead atoms. The summed E-state index contributed by atoms with van der Waals surface area (Å²) in [5, 5.41) is 5.79. The van der Waals surface area contributed by atoms with E-state index < -0.39 is 0 Å². The van der Waals surface area contributed by atoms with Gasteiger partial charge in [0.2, 0.25) is 11.8 Å². The van der Waals surface area contributed by atoms with Crippen molar-refractivity contribution in [1.29, 1.82) is 0 Å². The van der Waals surface area contributed by atoms with Crippen LogP contribution in [0.4, 0.5) is 5.69 Å². The topological polar surface area (TPSA) is 58.2 Å². The molecule has 0 atom stereocenters. The summed E-state index contributed by atoms with van der Waals surface area (Å²) in [7, 11) is 0. The van der Waals surface area contributed by atoms with Gasteiger partial charge in [0.15, 0.2) is 0 Å². The number of carbonyl (C=O) groups excluding carboxylic acids is 2. The number of hydrogen-bond acceptors (Lipinski definition) is 3. The summed E-state index contributed by atoms with van der Waals surface area (Å²) in [6.07, 6.45) is 0. The van der Waals surface area contributed by atoms with Crippen LogP contribution in [0.25, 0.3) is 0 Å². The molecule has 0 radical (unpaired) electrons. The lowest BCUT2D eigenvalue weighted by molar-refractivity contribution is -0.122. The Hall–Kier alpha value is -1.98. The summed E-state index contributed by atoms with van der Waals surface area (Å²) in [6.45, 7) is 8.32. The Morgan fingerprint density at radius 2 is 1.70 bits per heavy atom. The molecule has 2 amide bonds. The van der Waals surface area contributed by atoms with Crippen molar-refractivity contribution in [1.82, 2.24) is 5.32 Å². The molecule has 0 aliphatic heterocycles. The minimum Gasteiger partial charge on any atom is -0.346 e. The number of rotatable bonds is 6. The Labute approximate surface area is 170 Å². The van der Waals surface area contributed by atoms with E-state index in [1.165, 1.54) is 17.3 Å². The lowest BCUT2D eigenvalue weighted by Crippen LogP contribution is -2.33. The Morgan fingerprint density at radius 3 is 2.30 bits per heavy atom. The molecule has 2 N–H and O–H groups in total. The fraction of sp³-hybridized carbons (Fsp3) is 0.333. The average molecular weight is 405 g/mol. The molecule has 0 aliphatic carbocycles. The van der Waals surface area contributed by atoms with Gasteiger partial charge in [-0.2, -0.15) is 0 Å². The molecule has 2 aromatic rings. The number of amides is 2.